The second-order valence-electron chi connectivity index (χ2n) is 5.42. The molecule has 0 radical (unpaired) electrons. The molecule has 8 nitrogen and oxygen atoms in total. The summed E-state index contributed by atoms with van der Waals surface area (Å²) in [5.74, 6) is -0.0316. The van der Waals surface area contributed by atoms with Gasteiger partial charge in [-0.15, -0.1) is 0 Å². The highest BCUT2D eigenvalue weighted by molar-refractivity contribution is 5.69. The highest BCUT2D eigenvalue weighted by Crippen LogP contribution is 2.15. The lowest BCUT2D eigenvalue weighted by Crippen LogP contribution is -2.18. The maximum Gasteiger partial charge on any atom is 0.308 e. The van der Waals surface area contributed by atoms with Gasteiger partial charge in [0.2, 0.25) is 0 Å². The fourth-order valence-corrected chi connectivity index (χ4v) is 2.38. The Morgan fingerprint density at radius 1 is 1.52 bits per heavy atom. The molecule has 2 aromatic rings. The Bertz CT molecular complexity index is 740. The monoisotopic (exact) mass is 316 g/mol. The molecule has 1 atom stereocenters. The van der Waals surface area contributed by atoms with Gasteiger partial charge in [0.1, 0.15) is 24.1 Å². The number of rotatable bonds is 6. The van der Waals surface area contributed by atoms with Gasteiger partial charge in [0.25, 0.3) is 0 Å². The highest BCUT2D eigenvalue weighted by Gasteiger charge is 2.15. The number of esters is 1. The van der Waals surface area contributed by atoms with Crippen LogP contribution in [0, 0.1) is 25.2 Å². The third-order valence-corrected chi connectivity index (χ3v) is 3.49. The second-order valence-corrected chi connectivity index (χ2v) is 5.42. The molecule has 2 aromatic heterocycles. The van der Waals surface area contributed by atoms with Crippen molar-refractivity contribution in [3.63, 3.8) is 0 Å². The van der Waals surface area contributed by atoms with E-state index in [2.05, 4.69) is 10.2 Å². The average molecular weight is 316 g/mol. The zero-order valence-corrected chi connectivity index (χ0v) is 13.5. The summed E-state index contributed by atoms with van der Waals surface area (Å²) >= 11 is 0. The van der Waals surface area contributed by atoms with Crippen molar-refractivity contribution in [1.82, 2.24) is 19.6 Å². The van der Waals surface area contributed by atoms with E-state index in [-0.39, 0.29) is 30.9 Å². The molecular formula is C15H20N6O2. The summed E-state index contributed by atoms with van der Waals surface area (Å²) in [7, 11) is 0. The molecular weight excluding hydrogens is 296 g/mol. The van der Waals surface area contributed by atoms with Crippen LogP contribution in [0.4, 0.5) is 5.82 Å². The van der Waals surface area contributed by atoms with E-state index in [0.717, 1.165) is 11.4 Å². The van der Waals surface area contributed by atoms with Crippen LogP contribution in [0.3, 0.4) is 0 Å². The minimum atomic E-state index is -0.309. The van der Waals surface area contributed by atoms with Crippen molar-refractivity contribution >= 4 is 11.8 Å². The van der Waals surface area contributed by atoms with E-state index >= 15 is 0 Å². The Morgan fingerprint density at radius 2 is 2.26 bits per heavy atom. The lowest BCUT2D eigenvalue weighted by Gasteiger charge is -2.14. The maximum absolute atomic E-state index is 11.9. The van der Waals surface area contributed by atoms with Crippen molar-refractivity contribution in [2.45, 2.75) is 39.8 Å². The quantitative estimate of drug-likeness (QED) is 0.805. The molecule has 2 N–H and O–H groups in total. The van der Waals surface area contributed by atoms with Crippen molar-refractivity contribution in [3.05, 3.63) is 29.2 Å². The van der Waals surface area contributed by atoms with Crippen LogP contribution in [0.15, 0.2) is 12.3 Å². The zero-order chi connectivity index (χ0) is 17.0. The molecule has 0 unspecified atom stereocenters. The number of nitrogens with two attached hydrogens (primary N) is 1. The Kier molecular flexibility index (Phi) is 5.01. The Balaban J connectivity index is 1.82. The molecule has 0 saturated heterocycles. The molecule has 2 rings (SSSR count). The van der Waals surface area contributed by atoms with Crippen LogP contribution in [0.2, 0.25) is 0 Å². The van der Waals surface area contributed by atoms with Gasteiger partial charge in [0, 0.05) is 5.69 Å². The minimum absolute atomic E-state index is 0.0730. The summed E-state index contributed by atoms with van der Waals surface area (Å²) < 4.78 is 8.46. The van der Waals surface area contributed by atoms with Gasteiger partial charge in [-0.05, 0) is 26.8 Å². The van der Waals surface area contributed by atoms with E-state index in [4.69, 9.17) is 15.7 Å². The number of aryl methyl sites for hydroxylation is 2. The predicted molar refractivity (Wildman–Crippen MR) is 83.3 cm³/mol. The summed E-state index contributed by atoms with van der Waals surface area (Å²) in [5.41, 5.74) is 7.98. The van der Waals surface area contributed by atoms with Crippen LogP contribution in [0.5, 0.6) is 0 Å². The largest absolute Gasteiger partial charge is 0.464 e. The lowest BCUT2D eigenvalue weighted by molar-refractivity contribution is -0.144. The standard InChI is InChI=1S/C15H20N6O2/c1-10-6-11(2)21(19-10)12(3)7-14(22)23-5-4-20-15(17)13(8-16)9-18-20/h6,9,12H,4-5,7,17H2,1-3H3/t12-/m1/s1. The van der Waals surface area contributed by atoms with Crippen molar-refractivity contribution in [2.24, 2.45) is 0 Å². The number of hydrogen-bond acceptors (Lipinski definition) is 6. The molecule has 2 heterocycles. The average Bonchev–Trinajstić information content (AvgIpc) is 3.01. The first kappa shape index (κ1) is 16.5. The Morgan fingerprint density at radius 3 is 2.83 bits per heavy atom. The molecule has 23 heavy (non-hydrogen) atoms. The third kappa shape index (κ3) is 3.88. The Hall–Kier alpha value is -2.82. The van der Waals surface area contributed by atoms with E-state index in [1.54, 1.807) is 0 Å². The molecule has 0 aliphatic carbocycles. The zero-order valence-electron chi connectivity index (χ0n) is 13.5. The van der Waals surface area contributed by atoms with Gasteiger partial charge in [-0.3, -0.25) is 9.48 Å². The topological polar surface area (TPSA) is 112 Å². The van der Waals surface area contributed by atoms with E-state index in [1.165, 1.54) is 10.9 Å². The number of nitrogen functional groups attached to an aromatic ring is 1. The molecule has 0 aliphatic heterocycles. The molecule has 8 heteroatoms. The number of ether oxygens (including phenoxy) is 1. The van der Waals surface area contributed by atoms with Crippen LogP contribution in [-0.4, -0.2) is 32.1 Å². The van der Waals surface area contributed by atoms with Gasteiger partial charge < -0.3 is 10.5 Å². The normalized spacial score (nSPS) is 11.9. The SMILES string of the molecule is Cc1cc(C)n([C@H](C)CC(=O)OCCn2ncc(C#N)c2N)n1. The van der Waals surface area contributed by atoms with Crippen molar-refractivity contribution in [2.75, 3.05) is 12.3 Å². The molecule has 0 aromatic carbocycles. The summed E-state index contributed by atoms with van der Waals surface area (Å²) in [4.78, 5) is 11.9. The second kappa shape index (κ2) is 6.96. The number of anilines is 1. The molecule has 122 valence electrons. The van der Waals surface area contributed by atoms with Crippen molar-refractivity contribution in [3.8, 4) is 6.07 Å². The molecule has 0 saturated carbocycles. The molecule has 0 aliphatic rings. The molecule has 0 fully saturated rings. The van der Waals surface area contributed by atoms with Crippen molar-refractivity contribution < 1.29 is 9.53 Å². The summed E-state index contributed by atoms with van der Waals surface area (Å²) in [6.07, 6.45) is 1.63. The van der Waals surface area contributed by atoms with Gasteiger partial charge in [-0.25, -0.2) is 4.68 Å². The first-order valence-electron chi connectivity index (χ1n) is 7.32. The van der Waals surface area contributed by atoms with Crippen LogP contribution in [0.25, 0.3) is 0 Å². The predicted octanol–water partition coefficient (Wildman–Crippen LogP) is 1.34. The number of aromatic nitrogens is 4. The summed E-state index contributed by atoms with van der Waals surface area (Å²) in [6, 6.07) is 3.83. The molecule has 0 bridgehead atoms. The van der Waals surface area contributed by atoms with E-state index < -0.39 is 0 Å². The third-order valence-electron chi connectivity index (χ3n) is 3.49. The summed E-state index contributed by atoms with van der Waals surface area (Å²) in [6.45, 7) is 6.26. The fourth-order valence-electron chi connectivity index (χ4n) is 2.38. The minimum Gasteiger partial charge on any atom is -0.464 e. The smallest absolute Gasteiger partial charge is 0.308 e. The molecule has 0 amide bonds. The van der Waals surface area contributed by atoms with Crippen LogP contribution >= 0.6 is 0 Å². The first-order chi connectivity index (χ1) is 10.9. The molecule has 0 spiro atoms. The Labute approximate surface area is 134 Å². The first-order valence-corrected chi connectivity index (χ1v) is 7.32. The van der Waals surface area contributed by atoms with Crippen LogP contribution in [-0.2, 0) is 16.1 Å². The van der Waals surface area contributed by atoms with Gasteiger partial charge in [0.15, 0.2) is 0 Å². The van der Waals surface area contributed by atoms with Crippen LogP contribution < -0.4 is 5.73 Å². The number of carbonyl (C=O) groups is 1. The number of hydrogen-bond donors (Lipinski definition) is 1. The summed E-state index contributed by atoms with van der Waals surface area (Å²) in [5, 5.41) is 17.1. The lowest BCUT2D eigenvalue weighted by atomic mass is 10.2. The van der Waals surface area contributed by atoms with Crippen molar-refractivity contribution in [1.29, 1.82) is 5.26 Å². The van der Waals surface area contributed by atoms with Gasteiger partial charge in [-0.2, -0.15) is 15.5 Å². The van der Waals surface area contributed by atoms with E-state index in [0.29, 0.717) is 12.1 Å². The highest BCUT2D eigenvalue weighted by atomic mass is 16.5. The number of carbonyl (C=O) groups excluding carboxylic acids is 1. The van der Waals surface area contributed by atoms with E-state index in [1.807, 2.05) is 37.6 Å². The van der Waals surface area contributed by atoms with Gasteiger partial charge in [-0.1, -0.05) is 0 Å². The number of nitriles is 1. The maximum atomic E-state index is 11.9. The number of nitrogens with zero attached hydrogens (tertiary/aromatic N) is 5. The van der Waals surface area contributed by atoms with Gasteiger partial charge >= 0.3 is 5.97 Å². The fraction of sp³-hybridized carbons (Fsp3) is 0.467. The van der Waals surface area contributed by atoms with E-state index in [9.17, 15) is 4.79 Å². The van der Waals surface area contributed by atoms with Gasteiger partial charge in [0.05, 0.1) is 30.9 Å². The van der Waals surface area contributed by atoms with Crippen LogP contribution in [0.1, 0.15) is 36.3 Å².